The smallest absolute Gasteiger partial charge is 0.261 e. The number of aromatic nitrogens is 1. The molecule has 0 aliphatic rings. The summed E-state index contributed by atoms with van der Waals surface area (Å²) in [5.74, 6) is 0. The van der Waals surface area contributed by atoms with E-state index in [-0.39, 0.29) is 0 Å². The van der Waals surface area contributed by atoms with E-state index in [1.54, 1.807) is 18.2 Å². The Bertz CT molecular complexity index is 290. The van der Waals surface area contributed by atoms with Gasteiger partial charge in [0.15, 0.2) is 0 Å². The van der Waals surface area contributed by atoms with E-state index in [9.17, 15) is 8.78 Å². The summed E-state index contributed by atoms with van der Waals surface area (Å²) < 4.78 is 26.0. The second-order valence-corrected chi connectivity index (χ2v) is 3.64. The number of hydrogen-bond donors (Lipinski definition) is 1. The van der Waals surface area contributed by atoms with Crippen LogP contribution in [0.1, 0.15) is 26.0 Å². The number of pyridine rings is 1. The van der Waals surface area contributed by atoms with Crippen molar-refractivity contribution in [1.82, 2.24) is 10.3 Å². The minimum absolute atomic E-state index is 0.383. The summed E-state index contributed by atoms with van der Waals surface area (Å²) in [6.07, 6.45) is -0.127. The fourth-order valence-electron chi connectivity index (χ4n) is 1.33. The van der Waals surface area contributed by atoms with Gasteiger partial charge in [0.05, 0.1) is 5.69 Å². The molecule has 0 saturated heterocycles. The zero-order chi connectivity index (χ0) is 11.3. The van der Waals surface area contributed by atoms with Crippen molar-refractivity contribution in [3.63, 3.8) is 0 Å². The lowest BCUT2D eigenvalue weighted by Gasteiger charge is -2.29. The molecule has 15 heavy (non-hydrogen) atoms. The van der Waals surface area contributed by atoms with Gasteiger partial charge in [-0.05, 0) is 32.0 Å². The lowest BCUT2D eigenvalue weighted by Crippen LogP contribution is -2.46. The van der Waals surface area contributed by atoms with Crippen LogP contribution >= 0.6 is 0 Å². The molecule has 0 saturated carbocycles. The Morgan fingerprint density at radius 2 is 2.20 bits per heavy atom. The van der Waals surface area contributed by atoms with Crippen LogP contribution in [0.2, 0.25) is 0 Å². The van der Waals surface area contributed by atoms with Crippen LogP contribution < -0.4 is 5.32 Å². The Kier molecular flexibility index (Phi) is 4.15. The van der Waals surface area contributed by atoms with E-state index >= 15 is 0 Å². The van der Waals surface area contributed by atoms with Gasteiger partial charge in [-0.15, -0.1) is 0 Å². The third kappa shape index (κ3) is 2.72. The van der Waals surface area contributed by atoms with Crippen molar-refractivity contribution in [2.45, 2.75) is 32.2 Å². The highest BCUT2D eigenvalue weighted by molar-refractivity contribution is 5.15. The Morgan fingerprint density at radius 1 is 1.47 bits per heavy atom. The summed E-state index contributed by atoms with van der Waals surface area (Å²) in [5.41, 5.74) is -0.967. The van der Waals surface area contributed by atoms with Crippen molar-refractivity contribution in [3.05, 3.63) is 30.1 Å². The number of hydrogen-bond acceptors (Lipinski definition) is 2. The van der Waals surface area contributed by atoms with Gasteiger partial charge in [-0.1, -0.05) is 13.0 Å². The number of halogens is 2. The van der Waals surface area contributed by atoms with Crippen LogP contribution in [0.15, 0.2) is 24.4 Å². The molecule has 2 nitrogen and oxygen atoms in total. The lowest BCUT2D eigenvalue weighted by atomic mass is 9.97. The Balaban J connectivity index is 2.91. The van der Waals surface area contributed by atoms with Crippen molar-refractivity contribution < 1.29 is 8.78 Å². The summed E-state index contributed by atoms with van der Waals surface area (Å²) in [4.78, 5) is 3.98. The largest absolute Gasteiger partial charge is 0.302 e. The van der Waals surface area contributed by atoms with E-state index in [1.165, 1.54) is 13.1 Å². The molecule has 84 valence electrons. The molecule has 4 heteroatoms. The lowest BCUT2D eigenvalue weighted by molar-refractivity contribution is 0.0360. The number of nitrogens with one attached hydrogen (secondary N) is 1. The number of rotatable bonds is 5. The van der Waals surface area contributed by atoms with Gasteiger partial charge in [0.1, 0.15) is 5.54 Å². The van der Waals surface area contributed by atoms with Gasteiger partial charge in [-0.25, -0.2) is 8.78 Å². The Morgan fingerprint density at radius 3 is 2.67 bits per heavy atom. The third-order valence-corrected chi connectivity index (χ3v) is 2.38. The van der Waals surface area contributed by atoms with Crippen molar-refractivity contribution >= 4 is 0 Å². The zero-order valence-electron chi connectivity index (χ0n) is 9.00. The van der Waals surface area contributed by atoms with Gasteiger partial charge < -0.3 is 5.32 Å². The van der Waals surface area contributed by atoms with E-state index in [0.717, 1.165) is 6.42 Å². The first-order chi connectivity index (χ1) is 7.11. The van der Waals surface area contributed by atoms with Crippen molar-refractivity contribution in [2.75, 3.05) is 6.54 Å². The minimum atomic E-state index is -2.47. The Hall–Kier alpha value is -1.03. The maximum absolute atomic E-state index is 13.0. The second-order valence-electron chi connectivity index (χ2n) is 3.64. The third-order valence-electron chi connectivity index (χ3n) is 2.38. The van der Waals surface area contributed by atoms with Crippen molar-refractivity contribution in [1.29, 1.82) is 0 Å². The average molecular weight is 214 g/mol. The van der Waals surface area contributed by atoms with E-state index < -0.39 is 12.0 Å². The molecule has 0 bridgehead atoms. The van der Waals surface area contributed by atoms with E-state index in [0.29, 0.717) is 12.2 Å². The molecule has 0 fully saturated rings. The molecule has 1 aromatic heterocycles. The molecule has 1 N–H and O–H groups in total. The maximum atomic E-state index is 13.0. The van der Waals surface area contributed by atoms with Crippen LogP contribution in [0.5, 0.6) is 0 Å². The number of alkyl halides is 2. The molecule has 1 heterocycles. The van der Waals surface area contributed by atoms with Crippen LogP contribution in [0.4, 0.5) is 8.78 Å². The fourth-order valence-corrected chi connectivity index (χ4v) is 1.33. The molecule has 0 aromatic carbocycles. The van der Waals surface area contributed by atoms with E-state index in [2.05, 4.69) is 10.3 Å². The topological polar surface area (TPSA) is 24.9 Å². The molecular formula is C11H16F2N2. The monoisotopic (exact) mass is 214 g/mol. The molecule has 1 atom stereocenters. The molecule has 0 aliphatic carbocycles. The molecule has 0 aliphatic heterocycles. The number of nitrogens with zero attached hydrogens (tertiary/aromatic N) is 1. The maximum Gasteiger partial charge on any atom is 0.261 e. The van der Waals surface area contributed by atoms with Crippen molar-refractivity contribution in [3.8, 4) is 0 Å². The van der Waals surface area contributed by atoms with Crippen LogP contribution in [-0.4, -0.2) is 18.0 Å². The van der Waals surface area contributed by atoms with Crippen LogP contribution in [0.25, 0.3) is 0 Å². The van der Waals surface area contributed by atoms with E-state index in [1.807, 2.05) is 6.92 Å². The average Bonchev–Trinajstić information content (AvgIpc) is 2.27. The summed E-state index contributed by atoms with van der Waals surface area (Å²) >= 11 is 0. The summed E-state index contributed by atoms with van der Waals surface area (Å²) in [6, 6.07) is 5.06. The zero-order valence-corrected chi connectivity index (χ0v) is 9.00. The summed E-state index contributed by atoms with van der Waals surface area (Å²) in [5, 5.41) is 2.85. The predicted molar refractivity (Wildman–Crippen MR) is 55.9 cm³/mol. The molecule has 1 unspecified atom stereocenters. The van der Waals surface area contributed by atoms with Gasteiger partial charge in [-0.3, -0.25) is 4.98 Å². The molecule has 0 radical (unpaired) electrons. The molecule has 0 spiro atoms. The van der Waals surface area contributed by atoms with Crippen LogP contribution in [0.3, 0.4) is 0 Å². The molecule has 0 amide bonds. The first-order valence-corrected chi connectivity index (χ1v) is 5.06. The van der Waals surface area contributed by atoms with Gasteiger partial charge in [0, 0.05) is 6.20 Å². The SMILES string of the molecule is CCCNC(C)(c1ccccn1)C(F)F. The highest BCUT2D eigenvalue weighted by Crippen LogP contribution is 2.26. The summed E-state index contributed by atoms with van der Waals surface area (Å²) in [6.45, 7) is 3.98. The first kappa shape index (κ1) is 12.0. The molecule has 1 rings (SSSR count). The summed E-state index contributed by atoms with van der Waals surface area (Å²) in [7, 11) is 0. The van der Waals surface area contributed by atoms with Gasteiger partial charge in [0.2, 0.25) is 0 Å². The quantitative estimate of drug-likeness (QED) is 0.814. The van der Waals surface area contributed by atoms with Gasteiger partial charge >= 0.3 is 0 Å². The predicted octanol–water partition coefficient (Wildman–Crippen LogP) is 2.56. The molecule has 1 aromatic rings. The highest BCUT2D eigenvalue weighted by atomic mass is 19.3. The van der Waals surface area contributed by atoms with Crippen molar-refractivity contribution in [2.24, 2.45) is 0 Å². The Labute approximate surface area is 88.7 Å². The fraction of sp³-hybridized carbons (Fsp3) is 0.545. The van der Waals surface area contributed by atoms with E-state index in [4.69, 9.17) is 0 Å². The van der Waals surface area contributed by atoms with Gasteiger partial charge in [-0.2, -0.15) is 0 Å². The minimum Gasteiger partial charge on any atom is -0.302 e. The van der Waals surface area contributed by atoms with Gasteiger partial charge in [0.25, 0.3) is 6.43 Å². The first-order valence-electron chi connectivity index (χ1n) is 5.06. The van der Waals surface area contributed by atoms with Crippen LogP contribution in [-0.2, 0) is 5.54 Å². The normalized spacial score (nSPS) is 15.3. The highest BCUT2D eigenvalue weighted by Gasteiger charge is 2.37. The van der Waals surface area contributed by atoms with Crippen LogP contribution in [0, 0.1) is 0 Å². The standard InChI is InChI=1S/C11H16F2N2/c1-3-7-15-11(2,10(12)13)9-6-4-5-8-14-9/h4-6,8,10,15H,3,7H2,1-2H3. The molecular weight excluding hydrogens is 198 g/mol. The second kappa shape index (κ2) is 5.16.